The number of alkyl halides is 6. The zero-order valence-electron chi connectivity index (χ0n) is 24.5. The first-order valence-electron chi connectivity index (χ1n) is 14.4. The first-order chi connectivity index (χ1) is 20.6. The molecule has 0 saturated heterocycles. The van der Waals surface area contributed by atoms with Crippen molar-refractivity contribution in [2.75, 3.05) is 0 Å². The van der Waals surface area contributed by atoms with Crippen LogP contribution in [0.4, 0.5) is 26.3 Å². The van der Waals surface area contributed by atoms with E-state index in [0.29, 0.717) is 12.1 Å². The average Bonchev–Trinajstić information content (AvgIpc) is 3.35. The lowest BCUT2D eigenvalue weighted by Gasteiger charge is -2.24. The van der Waals surface area contributed by atoms with Gasteiger partial charge < -0.3 is 0 Å². The Morgan fingerprint density at radius 3 is 1.09 bits per heavy atom. The van der Waals surface area contributed by atoms with Crippen molar-refractivity contribution in [2.45, 2.75) is 50.9 Å². The molecule has 0 N–H and O–H groups in total. The Bertz CT molecular complexity index is 1840. The predicted molar refractivity (Wildman–Crippen MR) is 162 cm³/mol. The molecule has 0 bridgehead atoms. The average molecular weight is 599 g/mol. The van der Waals surface area contributed by atoms with Crippen molar-refractivity contribution in [1.29, 1.82) is 0 Å². The fourth-order valence-electron chi connectivity index (χ4n) is 7.29. The first-order valence-corrected chi connectivity index (χ1v) is 14.4. The van der Waals surface area contributed by atoms with Crippen LogP contribution in [0.3, 0.4) is 0 Å². The topological polar surface area (TPSA) is 0 Å². The van der Waals surface area contributed by atoms with Gasteiger partial charge in [0.1, 0.15) is 0 Å². The Morgan fingerprint density at radius 1 is 0.386 bits per heavy atom. The van der Waals surface area contributed by atoms with Gasteiger partial charge in [0.05, 0.1) is 11.1 Å². The van der Waals surface area contributed by atoms with Crippen molar-refractivity contribution in [3.8, 4) is 44.5 Å². The molecule has 0 radical (unpaired) electrons. The maximum Gasteiger partial charge on any atom is 0.417 e. The molecular weight excluding hydrogens is 570 g/mol. The fourth-order valence-corrected chi connectivity index (χ4v) is 7.29. The molecule has 0 fully saturated rings. The van der Waals surface area contributed by atoms with E-state index >= 15 is 0 Å². The smallest absolute Gasteiger partial charge is 0.166 e. The molecule has 222 valence electrons. The van der Waals surface area contributed by atoms with Gasteiger partial charge in [0.25, 0.3) is 0 Å². The minimum atomic E-state index is -4.89. The second-order valence-electron chi connectivity index (χ2n) is 12.8. The highest BCUT2D eigenvalue weighted by atomic mass is 19.4. The van der Waals surface area contributed by atoms with E-state index < -0.39 is 45.4 Å². The maximum atomic E-state index is 14.7. The molecule has 5 aromatic rings. The van der Waals surface area contributed by atoms with Crippen molar-refractivity contribution in [3.63, 3.8) is 0 Å². The Kier molecular flexibility index (Phi) is 5.88. The van der Waals surface area contributed by atoms with Crippen LogP contribution in [0.2, 0.25) is 0 Å². The molecule has 5 aromatic carbocycles. The Labute approximate surface area is 252 Å². The van der Waals surface area contributed by atoms with Crippen LogP contribution < -0.4 is 0 Å². The summed E-state index contributed by atoms with van der Waals surface area (Å²) in [5.41, 5.74) is 3.27. The third-order valence-electron chi connectivity index (χ3n) is 9.56. The normalized spacial score (nSPS) is 15.9. The summed E-state index contributed by atoms with van der Waals surface area (Å²) < 4.78 is 88.4. The van der Waals surface area contributed by atoms with Crippen LogP contribution in [0.25, 0.3) is 44.5 Å². The van der Waals surface area contributed by atoms with Gasteiger partial charge in [0.2, 0.25) is 0 Å². The van der Waals surface area contributed by atoms with Crippen molar-refractivity contribution in [1.82, 2.24) is 0 Å². The lowest BCUT2D eigenvalue weighted by Crippen LogP contribution is -2.16. The van der Waals surface area contributed by atoms with E-state index in [0.717, 1.165) is 44.5 Å². The molecule has 0 heterocycles. The van der Waals surface area contributed by atoms with Crippen molar-refractivity contribution in [2.24, 2.45) is 0 Å². The maximum absolute atomic E-state index is 14.7. The van der Waals surface area contributed by atoms with Crippen molar-refractivity contribution in [3.05, 3.63) is 130 Å². The van der Waals surface area contributed by atoms with Crippen LogP contribution in [-0.4, -0.2) is 0 Å². The third-order valence-corrected chi connectivity index (χ3v) is 9.56. The molecule has 7 rings (SSSR count). The van der Waals surface area contributed by atoms with Gasteiger partial charge in [-0.2, -0.15) is 26.3 Å². The van der Waals surface area contributed by atoms with Crippen LogP contribution in [0.1, 0.15) is 61.1 Å². The second-order valence-corrected chi connectivity index (χ2v) is 12.8. The summed E-state index contributed by atoms with van der Waals surface area (Å²) in [5.74, 6) is 0. The minimum Gasteiger partial charge on any atom is -0.166 e. The highest BCUT2D eigenvalue weighted by Gasteiger charge is 2.42. The fraction of sp³-hybridized carbons (Fsp3) is 0.211. The molecule has 0 nitrogen and oxygen atoms in total. The van der Waals surface area contributed by atoms with Gasteiger partial charge in [-0.3, -0.25) is 0 Å². The van der Waals surface area contributed by atoms with Gasteiger partial charge in [-0.15, -0.1) is 0 Å². The summed E-state index contributed by atoms with van der Waals surface area (Å²) in [5, 5.41) is 0. The lowest BCUT2D eigenvalue weighted by atomic mass is 9.80. The summed E-state index contributed by atoms with van der Waals surface area (Å²) in [6.45, 7) is 7.90. The minimum absolute atomic E-state index is 0.0968. The zero-order chi connectivity index (χ0) is 31.4. The van der Waals surface area contributed by atoms with Crippen LogP contribution >= 0.6 is 0 Å². The number of hydrogen-bond donors (Lipinski definition) is 0. The van der Waals surface area contributed by atoms with Gasteiger partial charge in [-0.1, -0.05) is 100 Å². The van der Waals surface area contributed by atoms with E-state index in [1.54, 1.807) is 24.3 Å². The van der Waals surface area contributed by atoms with Crippen LogP contribution in [0.15, 0.2) is 97.1 Å². The predicted octanol–water partition coefficient (Wildman–Crippen LogP) is 11.7. The van der Waals surface area contributed by atoms with E-state index in [-0.39, 0.29) is 11.1 Å². The SMILES string of the molecule is CC1(C)c2ccccc2-c2ccc(-c3cc(C(F)(F)F)c(-c4ccc5c(c4)C(C)(C)c4ccccc4-5)cc3C(F)(F)F)cc21. The summed E-state index contributed by atoms with van der Waals surface area (Å²) >= 11 is 0. The number of fused-ring (bicyclic) bond motifs is 6. The monoisotopic (exact) mass is 598 g/mol. The molecule has 44 heavy (non-hydrogen) atoms. The van der Waals surface area contributed by atoms with Crippen LogP contribution in [-0.2, 0) is 23.2 Å². The molecular formula is C38H28F6. The first kappa shape index (κ1) is 28.5. The van der Waals surface area contributed by atoms with Gasteiger partial charge in [-0.05, 0) is 91.0 Å². The van der Waals surface area contributed by atoms with Gasteiger partial charge in [0.15, 0.2) is 0 Å². The Hall–Kier alpha value is -4.32. The van der Waals surface area contributed by atoms with E-state index in [2.05, 4.69) is 0 Å². The number of halogens is 6. The Balaban J connectivity index is 1.44. The van der Waals surface area contributed by atoms with Crippen molar-refractivity contribution >= 4 is 0 Å². The summed E-state index contributed by atoms with van der Waals surface area (Å²) in [7, 11) is 0. The van der Waals surface area contributed by atoms with Gasteiger partial charge in [0, 0.05) is 10.8 Å². The van der Waals surface area contributed by atoms with Gasteiger partial charge >= 0.3 is 12.4 Å². The molecule has 0 spiro atoms. The third kappa shape index (κ3) is 4.06. The van der Waals surface area contributed by atoms with Crippen molar-refractivity contribution < 1.29 is 26.3 Å². The molecule has 0 aliphatic heterocycles. The molecule has 0 saturated carbocycles. The van der Waals surface area contributed by atoms with Crippen LogP contribution in [0, 0.1) is 0 Å². The van der Waals surface area contributed by atoms with E-state index in [1.165, 1.54) is 12.1 Å². The lowest BCUT2D eigenvalue weighted by molar-refractivity contribution is -0.140. The Morgan fingerprint density at radius 2 is 0.727 bits per heavy atom. The number of benzene rings is 5. The van der Waals surface area contributed by atoms with Gasteiger partial charge in [-0.25, -0.2) is 0 Å². The van der Waals surface area contributed by atoms with E-state index in [1.807, 2.05) is 76.2 Å². The van der Waals surface area contributed by atoms with Crippen LogP contribution in [0.5, 0.6) is 0 Å². The standard InChI is InChI=1S/C38H28F6/c1-35(2)29-11-7-5-9-23(29)25-15-13-21(17-31(25)35)27-19-34(38(42,43)44)28(20-33(27)37(39,40)41)22-14-16-26-24-10-6-8-12-30(24)36(3,4)32(26)18-22/h5-20H,1-4H3. The highest BCUT2D eigenvalue weighted by Crippen LogP contribution is 2.53. The summed E-state index contributed by atoms with van der Waals surface area (Å²) in [4.78, 5) is 0. The zero-order valence-corrected chi connectivity index (χ0v) is 24.5. The molecule has 0 atom stereocenters. The molecule has 0 aromatic heterocycles. The quantitative estimate of drug-likeness (QED) is 0.177. The number of hydrogen-bond acceptors (Lipinski definition) is 0. The summed E-state index contributed by atoms with van der Waals surface area (Å²) in [6, 6.07) is 26.5. The second kappa shape index (κ2) is 9.10. The molecule has 0 unspecified atom stereocenters. The number of rotatable bonds is 2. The highest BCUT2D eigenvalue weighted by molar-refractivity contribution is 5.87. The molecule has 6 heteroatoms. The molecule has 2 aliphatic rings. The van der Waals surface area contributed by atoms with E-state index in [4.69, 9.17) is 0 Å². The largest absolute Gasteiger partial charge is 0.417 e. The molecule has 2 aliphatic carbocycles. The summed E-state index contributed by atoms with van der Waals surface area (Å²) in [6.07, 6.45) is -9.78. The van der Waals surface area contributed by atoms with E-state index in [9.17, 15) is 26.3 Å². The molecule has 0 amide bonds.